The van der Waals surface area contributed by atoms with Crippen LogP contribution in [0.4, 0.5) is 16.3 Å². The lowest BCUT2D eigenvalue weighted by atomic mass is 10.1. The van der Waals surface area contributed by atoms with E-state index in [0.29, 0.717) is 23.9 Å². The van der Waals surface area contributed by atoms with E-state index in [1.54, 1.807) is 11.9 Å². The molecule has 1 saturated heterocycles. The van der Waals surface area contributed by atoms with Crippen LogP contribution in [0.15, 0.2) is 6.33 Å². The summed E-state index contributed by atoms with van der Waals surface area (Å²) in [5.74, 6) is 0.750. The summed E-state index contributed by atoms with van der Waals surface area (Å²) < 4.78 is 5.53. The summed E-state index contributed by atoms with van der Waals surface area (Å²) in [7, 11) is 1.79. The van der Waals surface area contributed by atoms with Gasteiger partial charge in [-0.2, -0.15) is 0 Å². The SMILES string of the molecule is CNc1c(Cl)ncnc1N1CC(C)N(C(=O)OC(C)(C)C)C(C)C1. The summed E-state index contributed by atoms with van der Waals surface area (Å²) in [4.78, 5) is 24.8. The summed E-state index contributed by atoms with van der Waals surface area (Å²) in [5, 5.41) is 3.44. The number of halogens is 1. The quantitative estimate of drug-likeness (QED) is 0.822. The third-order valence-corrected chi connectivity index (χ3v) is 4.14. The molecule has 24 heavy (non-hydrogen) atoms. The first-order valence-corrected chi connectivity index (χ1v) is 8.46. The van der Waals surface area contributed by atoms with Gasteiger partial charge in [-0.1, -0.05) is 11.6 Å². The molecular weight excluding hydrogens is 330 g/mol. The Balaban J connectivity index is 2.19. The van der Waals surface area contributed by atoms with Crippen molar-refractivity contribution in [2.45, 2.75) is 52.3 Å². The minimum atomic E-state index is -0.507. The number of aromatic nitrogens is 2. The highest BCUT2D eigenvalue weighted by Crippen LogP contribution is 2.31. The van der Waals surface area contributed by atoms with Crippen LogP contribution in [0.25, 0.3) is 0 Å². The van der Waals surface area contributed by atoms with E-state index in [9.17, 15) is 4.79 Å². The van der Waals surface area contributed by atoms with Gasteiger partial charge in [-0.15, -0.1) is 0 Å². The lowest BCUT2D eigenvalue weighted by Crippen LogP contribution is -2.59. The molecule has 1 aromatic rings. The largest absolute Gasteiger partial charge is 0.444 e. The molecule has 8 heteroatoms. The van der Waals surface area contributed by atoms with Crippen molar-refractivity contribution in [3.05, 3.63) is 11.5 Å². The van der Waals surface area contributed by atoms with Crippen molar-refractivity contribution in [1.82, 2.24) is 14.9 Å². The van der Waals surface area contributed by atoms with Gasteiger partial charge in [0.05, 0.1) is 12.1 Å². The third kappa shape index (κ3) is 4.01. The molecule has 0 saturated carbocycles. The molecule has 2 rings (SSSR count). The zero-order valence-electron chi connectivity index (χ0n) is 15.1. The number of anilines is 2. The molecule has 0 spiro atoms. The minimum Gasteiger partial charge on any atom is -0.444 e. The fraction of sp³-hybridized carbons (Fsp3) is 0.688. The highest BCUT2D eigenvalue weighted by Gasteiger charge is 2.36. The lowest BCUT2D eigenvalue weighted by molar-refractivity contribution is 0.00562. The van der Waals surface area contributed by atoms with E-state index in [1.807, 2.05) is 34.6 Å². The molecule has 134 valence electrons. The lowest BCUT2D eigenvalue weighted by Gasteiger charge is -2.45. The Morgan fingerprint density at radius 3 is 2.38 bits per heavy atom. The molecule has 7 nitrogen and oxygen atoms in total. The average molecular weight is 356 g/mol. The Morgan fingerprint density at radius 2 is 1.88 bits per heavy atom. The van der Waals surface area contributed by atoms with Crippen molar-refractivity contribution < 1.29 is 9.53 Å². The van der Waals surface area contributed by atoms with E-state index in [2.05, 4.69) is 20.2 Å². The number of ether oxygens (including phenoxy) is 1. The zero-order valence-corrected chi connectivity index (χ0v) is 15.9. The number of nitrogens with one attached hydrogen (secondary N) is 1. The fourth-order valence-corrected chi connectivity index (χ4v) is 3.20. The van der Waals surface area contributed by atoms with Crippen LogP contribution in [0.2, 0.25) is 5.15 Å². The van der Waals surface area contributed by atoms with Gasteiger partial charge < -0.3 is 15.0 Å². The van der Waals surface area contributed by atoms with E-state index in [4.69, 9.17) is 16.3 Å². The van der Waals surface area contributed by atoms with Crippen LogP contribution >= 0.6 is 11.6 Å². The molecule has 2 heterocycles. The van der Waals surface area contributed by atoms with Gasteiger partial charge in [0.15, 0.2) is 11.0 Å². The smallest absolute Gasteiger partial charge is 0.410 e. The second kappa shape index (κ2) is 7.01. The Kier molecular flexibility index (Phi) is 5.42. The van der Waals surface area contributed by atoms with Gasteiger partial charge in [-0.05, 0) is 34.6 Å². The highest BCUT2D eigenvalue weighted by molar-refractivity contribution is 6.32. The summed E-state index contributed by atoms with van der Waals surface area (Å²) in [6, 6.07) is -0.0240. The Labute approximate surface area is 148 Å². The van der Waals surface area contributed by atoms with E-state index >= 15 is 0 Å². The van der Waals surface area contributed by atoms with E-state index in [1.165, 1.54) is 6.33 Å². The molecular formula is C16H26ClN5O2. The first-order chi connectivity index (χ1) is 11.1. The van der Waals surface area contributed by atoms with E-state index in [0.717, 1.165) is 5.82 Å². The number of carbonyl (C=O) groups is 1. The molecule has 0 aliphatic carbocycles. The van der Waals surface area contributed by atoms with Crippen molar-refractivity contribution in [2.24, 2.45) is 0 Å². The molecule has 1 fully saturated rings. The molecule has 2 unspecified atom stereocenters. The Bertz CT molecular complexity index is 593. The number of carbonyl (C=O) groups excluding carboxylic acids is 1. The van der Waals surface area contributed by atoms with Crippen molar-refractivity contribution in [3.63, 3.8) is 0 Å². The van der Waals surface area contributed by atoms with Gasteiger partial charge in [-0.3, -0.25) is 4.90 Å². The minimum absolute atomic E-state index is 0.0120. The topological polar surface area (TPSA) is 70.6 Å². The molecule has 1 aliphatic rings. The number of amides is 1. The number of nitrogens with zero attached hydrogens (tertiary/aromatic N) is 4. The third-order valence-electron chi connectivity index (χ3n) is 3.85. The summed E-state index contributed by atoms with van der Waals surface area (Å²) >= 11 is 6.15. The molecule has 1 amide bonds. The number of hydrogen-bond donors (Lipinski definition) is 1. The summed E-state index contributed by atoms with van der Waals surface area (Å²) in [6.45, 7) is 10.9. The van der Waals surface area contributed by atoms with Gasteiger partial charge >= 0.3 is 6.09 Å². The Morgan fingerprint density at radius 1 is 1.29 bits per heavy atom. The van der Waals surface area contributed by atoms with Gasteiger partial charge in [0, 0.05) is 20.1 Å². The van der Waals surface area contributed by atoms with Crippen molar-refractivity contribution >= 4 is 29.2 Å². The standard InChI is InChI=1S/C16H26ClN5O2/c1-10-7-21(14-12(18-6)13(17)19-9-20-14)8-11(2)22(10)15(23)24-16(3,4)5/h9-11,18H,7-8H2,1-6H3. The van der Waals surface area contributed by atoms with Crippen molar-refractivity contribution in [1.29, 1.82) is 0 Å². The summed E-state index contributed by atoms with van der Waals surface area (Å²) in [6.07, 6.45) is 1.17. The number of piperazine rings is 1. The van der Waals surface area contributed by atoms with E-state index in [-0.39, 0.29) is 18.2 Å². The molecule has 1 aromatic heterocycles. The van der Waals surface area contributed by atoms with Crippen molar-refractivity contribution in [3.8, 4) is 0 Å². The first kappa shape index (κ1) is 18.6. The molecule has 0 aromatic carbocycles. The maximum atomic E-state index is 12.5. The maximum absolute atomic E-state index is 12.5. The predicted octanol–water partition coefficient (Wildman–Crippen LogP) is 3.01. The second-order valence-electron chi connectivity index (χ2n) is 7.10. The monoisotopic (exact) mass is 355 g/mol. The van der Waals surface area contributed by atoms with Gasteiger partial charge in [-0.25, -0.2) is 14.8 Å². The summed E-state index contributed by atoms with van der Waals surface area (Å²) in [5.41, 5.74) is 0.192. The maximum Gasteiger partial charge on any atom is 0.410 e. The second-order valence-corrected chi connectivity index (χ2v) is 7.46. The normalized spacial score (nSPS) is 21.6. The van der Waals surface area contributed by atoms with Crippen LogP contribution < -0.4 is 10.2 Å². The molecule has 0 radical (unpaired) electrons. The predicted molar refractivity (Wildman–Crippen MR) is 95.8 cm³/mol. The van der Waals surface area contributed by atoms with E-state index < -0.39 is 5.60 Å². The number of rotatable bonds is 2. The molecule has 0 bridgehead atoms. The fourth-order valence-electron chi connectivity index (χ4n) is 2.98. The van der Waals surface area contributed by atoms with Crippen LogP contribution in [0.1, 0.15) is 34.6 Å². The molecule has 2 atom stereocenters. The van der Waals surface area contributed by atoms with Crippen LogP contribution in [-0.4, -0.2) is 58.8 Å². The molecule has 1 N–H and O–H groups in total. The zero-order chi connectivity index (χ0) is 18.1. The van der Waals surface area contributed by atoms with Crippen LogP contribution in [0.5, 0.6) is 0 Å². The van der Waals surface area contributed by atoms with Gasteiger partial charge in [0.2, 0.25) is 0 Å². The van der Waals surface area contributed by atoms with Gasteiger partial charge in [0.1, 0.15) is 17.6 Å². The average Bonchev–Trinajstić information content (AvgIpc) is 2.44. The Hall–Kier alpha value is -1.76. The highest BCUT2D eigenvalue weighted by atomic mass is 35.5. The van der Waals surface area contributed by atoms with Crippen molar-refractivity contribution in [2.75, 3.05) is 30.4 Å². The van der Waals surface area contributed by atoms with Crippen LogP contribution in [0, 0.1) is 0 Å². The van der Waals surface area contributed by atoms with Crippen LogP contribution in [-0.2, 0) is 4.74 Å². The number of hydrogen-bond acceptors (Lipinski definition) is 6. The molecule has 1 aliphatic heterocycles. The van der Waals surface area contributed by atoms with Crippen LogP contribution in [0.3, 0.4) is 0 Å². The first-order valence-electron chi connectivity index (χ1n) is 8.08. The van der Waals surface area contributed by atoms with Gasteiger partial charge in [0.25, 0.3) is 0 Å².